The van der Waals surface area contributed by atoms with Crippen LogP contribution in [0.2, 0.25) is 5.02 Å². The van der Waals surface area contributed by atoms with E-state index in [9.17, 15) is 12.8 Å². The summed E-state index contributed by atoms with van der Waals surface area (Å²) in [6.45, 7) is 0. The summed E-state index contributed by atoms with van der Waals surface area (Å²) in [6.07, 6.45) is 0. The first-order chi connectivity index (χ1) is 9.40. The predicted molar refractivity (Wildman–Crippen MR) is 73.4 cm³/mol. The van der Waals surface area contributed by atoms with Crippen molar-refractivity contribution in [2.24, 2.45) is 0 Å². The zero-order valence-electron chi connectivity index (χ0n) is 9.97. The first-order valence-corrected chi connectivity index (χ1v) is 7.26. The molecule has 0 fully saturated rings. The molecule has 2 aromatic carbocycles. The summed E-state index contributed by atoms with van der Waals surface area (Å²) in [5, 5.41) is 8.74. The summed E-state index contributed by atoms with van der Waals surface area (Å²) < 4.78 is 39.5. The van der Waals surface area contributed by atoms with E-state index < -0.39 is 15.8 Å². The van der Waals surface area contributed by atoms with E-state index in [-0.39, 0.29) is 15.6 Å². The van der Waals surface area contributed by atoms with Crippen molar-refractivity contribution >= 4 is 27.3 Å². The Bertz CT molecular complexity index is 763. The van der Waals surface area contributed by atoms with Gasteiger partial charge in [-0.15, -0.1) is 0 Å². The van der Waals surface area contributed by atoms with Crippen LogP contribution >= 0.6 is 11.6 Å². The molecule has 0 saturated carbocycles. The normalized spacial score (nSPS) is 10.8. The lowest BCUT2D eigenvalue weighted by Crippen LogP contribution is -2.13. The number of hydrogen-bond acceptors (Lipinski definition) is 3. The second-order valence-electron chi connectivity index (χ2n) is 3.90. The second kappa shape index (κ2) is 5.49. The molecule has 0 aliphatic carbocycles. The highest BCUT2D eigenvalue weighted by Crippen LogP contribution is 2.21. The molecule has 0 saturated heterocycles. The molecular formula is C13H8ClFN2O2S. The van der Waals surface area contributed by atoms with E-state index in [0.29, 0.717) is 5.56 Å². The summed E-state index contributed by atoms with van der Waals surface area (Å²) >= 11 is 5.65. The number of nitriles is 1. The summed E-state index contributed by atoms with van der Waals surface area (Å²) in [6, 6.07) is 10.6. The molecule has 1 N–H and O–H groups in total. The van der Waals surface area contributed by atoms with E-state index in [1.807, 2.05) is 6.07 Å². The van der Waals surface area contributed by atoms with E-state index in [1.54, 1.807) is 0 Å². The molecule has 2 rings (SSSR count). The van der Waals surface area contributed by atoms with Crippen LogP contribution in [0.15, 0.2) is 47.4 Å². The molecule has 0 aromatic heterocycles. The van der Waals surface area contributed by atoms with Gasteiger partial charge in [0.05, 0.1) is 22.2 Å². The van der Waals surface area contributed by atoms with Gasteiger partial charge in [0.15, 0.2) is 0 Å². The average molecular weight is 311 g/mol. The Morgan fingerprint density at radius 2 is 1.80 bits per heavy atom. The fourth-order valence-corrected chi connectivity index (χ4v) is 2.80. The molecule has 0 unspecified atom stereocenters. The molecule has 7 heteroatoms. The Kier molecular flexibility index (Phi) is 3.93. The van der Waals surface area contributed by atoms with Crippen molar-refractivity contribution in [2.45, 2.75) is 4.90 Å². The quantitative estimate of drug-likeness (QED) is 0.946. The Morgan fingerprint density at radius 3 is 2.35 bits per heavy atom. The van der Waals surface area contributed by atoms with Gasteiger partial charge < -0.3 is 0 Å². The van der Waals surface area contributed by atoms with Gasteiger partial charge in [0.2, 0.25) is 0 Å². The Morgan fingerprint density at radius 1 is 1.15 bits per heavy atom. The van der Waals surface area contributed by atoms with E-state index in [1.165, 1.54) is 30.3 Å². The maximum Gasteiger partial charge on any atom is 0.261 e. The third-order valence-electron chi connectivity index (χ3n) is 2.41. The number of anilines is 1. The number of nitrogens with one attached hydrogen (secondary N) is 1. The lowest BCUT2D eigenvalue weighted by atomic mass is 10.2. The maximum atomic E-state index is 13.1. The van der Waals surface area contributed by atoms with Crippen LogP contribution in [-0.4, -0.2) is 8.42 Å². The maximum absolute atomic E-state index is 13.1. The van der Waals surface area contributed by atoms with E-state index in [2.05, 4.69) is 4.72 Å². The van der Waals surface area contributed by atoms with Crippen LogP contribution in [0.3, 0.4) is 0 Å². The molecule has 102 valence electrons. The first-order valence-electron chi connectivity index (χ1n) is 5.40. The van der Waals surface area contributed by atoms with Gasteiger partial charge in [-0.3, -0.25) is 4.72 Å². The highest BCUT2D eigenvalue weighted by molar-refractivity contribution is 7.92. The molecule has 0 amide bonds. The van der Waals surface area contributed by atoms with Crippen molar-refractivity contribution in [1.29, 1.82) is 5.26 Å². The summed E-state index contributed by atoms with van der Waals surface area (Å²) in [4.78, 5) is -0.0307. The molecule has 0 spiro atoms. The van der Waals surface area contributed by atoms with Crippen molar-refractivity contribution in [1.82, 2.24) is 0 Å². The van der Waals surface area contributed by atoms with Gasteiger partial charge in [0.1, 0.15) is 5.82 Å². The lowest BCUT2D eigenvalue weighted by Gasteiger charge is -2.08. The molecule has 2 aromatic rings. The third kappa shape index (κ3) is 3.26. The first kappa shape index (κ1) is 14.3. The summed E-state index contributed by atoms with van der Waals surface area (Å²) in [5.74, 6) is -0.643. The number of sulfonamides is 1. The van der Waals surface area contributed by atoms with Crippen molar-refractivity contribution in [3.63, 3.8) is 0 Å². The van der Waals surface area contributed by atoms with Crippen LogP contribution in [0.25, 0.3) is 0 Å². The zero-order valence-corrected chi connectivity index (χ0v) is 11.5. The number of halogens is 2. The highest BCUT2D eigenvalue weighted by atomic mass is 35.5. The minimum atomic E-state index is -3.86. The van der Waals surface area contributed by atoms with Crippen molar-refractivity contribution < 1.29 is 12.8 Å². The Balaban J connectivity index is 2.33. The van der Waals surface area contributed by atoms with Crippen molar-refractivity contribution in [3.05, 3.63) is 58.9 Å². The fraction of sp³-hybridized carbons (Fsp3) is 0. The molecule has 0 atom stereocenters. The SMILES string of the molecule is N#Cc1ccc(S(=O)(=O)Nc2cc(F)cc(Cl)c2)cc1. The largest absolute Gasteiger partial charge is 0.279 e. The van der Waals surface area contributed by atoms with E-state index >= 15 is 0 Å². The van der Waals surface area contributed by atoms with Gasteiger partial charge in [0, 0.05) is 5.02 Å². The van der Waals surface area contributed by atoms with Gasteiger partial charge in [-0.2, -0.15) is 5.26 Å². The van der Waals surface area contributed by atoms with Crippen LogP contribution in [0.5, 0.6) is 0 Å². The van der Waals surface area contributed by atoms with Crippen LogP contribution < -0.4 is 4.72 Å². The third-order valence-corrected chi connectivity index (χ3v) is 4.02. The molecular weight excluding hydrogens is 303 g/mol. The van der Waals surface area contributed by atoms with E-state index in [4.69, 9.17) is 16.9 Å². The molecule has 0 bridgehead atoms. The van der Waals surface area contributed by atoms with Gasteiger partial charge in [-0.05, 0) is 42.5 Å². The van der Waals surface area contributed by atoms with Gasteiger partial charge in [-0.1, -0.05) is 11.6 Å². The monoisotopic (exact) mass is 310 g/mol. The fourth-order valence-electron chi connectivity index (χ4n) is 1.54. The van der Waals surface area contributed by atoms with Crippen molar-refractivity contribution in [2.75, 3.05) is 4.72 Å². The summed E-state index contributed by atoms with van der Waals surface area (Å²) in [7, 11) is -3.86. The molecule has 20 heavy (non-hydrogen) atoms. The standard InChI is InChI=1S/C13H8ClFN2O2S/c14-10-5-11(15)7-12(6-10)17-20(18,19)13-3-1-9(8-16)2-4-13/h1-7,17H. The number of hydrogen-bond donors (Lipinski definition) is 1. The summed E-state index contributed by atoms with van der Waals surface area (Å²) in [5.41, 5.74) is 0.372. The second-order valence-corrected chi connectivity index (χ2v) is 6.02. The predicted octanol–water partition coefficient (Wildman–Crippen LogP) is 3.15. The van der Waals surface area contributed by atoms with Crippen LogP contribution in [0.1, 0.15) is 5.56 Å². The average Bonchev–Trinajstić information content (AvgIpc) is 2.37. The number of nitrogens with zero attached hydrogens (tertiary/aromatic N) is 1. The topological polar surface area (TPSA) is 70.0 Å². The Labute approximate surface area is 120 Å². The van der Waals surface area contributed by atoms with Crippen LogP contribution in [0, 0.1) is 17.1 Å². The highest BCUT2D eigenvalue weighted by Gasteiger charge is 2.14. The molecule has 0 heterocycles. The lowest BCUT2D eigenvalue weighted by molar-refractivity contribution is 0.601. The minimum absolute atomic E-state index is 0.0272. The van der Waals surface area contributed by atoms with Gasteiger partial charge in [-0.25, -0.2) is 12.8 Å². The van der Waals surface area contributed by atoms with Crippen molar-refractivity contribution in [3.8, 4) is 6.07 Å². The molecule has 0 aliphatic rings. The molecule has 0 radical (unpaired) electrons. The number of benzene rings is 2. The number of rotatable bonds is 3. The minimum Gasteiger partial charge on any atom is -0.279 e. The molecule has 0 aliphatic heterocycles. The smallest absolute Gasteiger partial charge is 0.261 e. The van der Waals surface area contributed by atoms with Gasteiger partial charge >= 0.3 is 0 Å². The van der Waals surface area contributed by atoms with E-state index in [0.717, 1.165) is 12.1 Å². The zero-order chi connectivity index (χ0) is 14.8. The van der Waals surface area contributed by atoms with Crippen LogP contribution in [-0.2, 0) is 10.0 Å². The van der Waals surface area contributed by atoms with Crippen LogP contribution in [0.4, 0.5) is 10.1 Å². The molecule has 4 nitrogen and oxygen atoms in total. The Hall–Kier alpha value is -2.10. The van der Waals surface area contributed by atoms with Gasteiger partial charge in [0.25, 0.3) is 10.0 Å².